The summed E-state index contributed by atoms with van der Waals surface area (Å²) in [7, 11) is 0. The average molecular weight is 370 g/mol. The van der Waals surface area contributed by atoms with Crippen LogP contribution in [0, 0.1) is 6.92 Å². The van der Waals surface area contributed by atoms with Gasteiger partial charge in [0.1, 0.15) is 17.9 Å². The minimum Gasteiger partial charge on any atom is -0.376 e. The fourth-order valence-corrected chi connectivity index (χ4v) is 3.48. The van der Waals surface area contributed by atoms with Crippen LogP contribution in [0.1, 0.15) is 16.1 Å². The van der Waals surface area contributed by atoms with E-state index in [1.54, 1.807) is 22.1 Å². The van der Waals surface area contributed by atoms with Crippen LogP contribution in [0.4, 0.5) is 5.69 Å². The lowest BCUT2D eigenvalue weighted by Gasteiger charge is -2.42. The summed E-state index contributed by atoms with van der Waals surface area (Å²) in [5.41, 5.74) is 1.62. The Bertz CT molecular complexity index is 821. The van der Waals surface area contributed by atoms with Crippen molar-refractivity contribution in [2.24, 2.45) is 0 Å². The van der Waals surface area contributed by atoms with E-state index in [0.29, 0.717) is 38.5 Å². The number of anilines is 1. The highest BCUT2D eigenvalue weighted by Gasteiger charge is 2.44. The quantitative estimate of drug-likeness (QED) is 0.852. The van der Waals surface area contributed by atoms with Gasteiger partial charge in [0.15, 0.2) is 0 Å². The van der Waals surface area contributed by atoms with Gasteiger partial charge in [0.25, 0.3) is 11.8 Å². The van der Waals surface area contributed by atoms with Gasteiger partial charge in [0, 0.05) is 18.4 Å². The van der Waals surface area contributed by atoms with Gasteiger partial charge in [-0.05, 0) is 25.1 Å². The van der Waals surface area contributed by atoms with Crippen LogP contribution in [0.2, 0.25) is 0 Å². The van der Waals surface area contributed by atoms with Gasteiger partial charge in [0.2, 0.25) is 0 Å². The maximum absolute atomic E-state index is 12.8. The number of nitrogens with one attached hydrogen (secondary N) is 1. The van der Waals surface area contributed by atoms with Crippen LogP contribution in [0.15, 0.2) is 36.5 Å². The minimum atomic E-state index is -0.759. The van der Waals surface area contributed by atoms with Crippen molar-refractivity contribution < 1.29 is 19.1 Å². The van der Waals surface area contributed by atoms with Crippen LogP contribution in [-0.4, -0.2) is 72.0 Å². The number of hydrogen-bond acceptors (Lipinski definition) is 5. The van der Waals surface area contributed by atoms with Crippen molar-refractivity contribution >= 4 is 17.5 Å². The predicted octanol–water partition coefficient (Wildman–Crippen LogP) is 0.993. The van der Waals surface area contributed by atoms with Gasteiger partial charge in [0.05, 0.1) is 26.3 Å². The summed E-state index contributed by atoms with van der Waals surface area (Å²) in [6.07, 6.45) is 1.55. The summed E-state index contributed by atoms with van der Waals surface area (Å²) in [4.78, 5) is 28.6. The molecule has 2 fully saturated rings. The van der Waals surface area contributed by atoms with Crippen LogP contribution in [0.25, 0.3) is 0 Å². The number of morpholine rings is 1. The molecule has 3 heterocycles. The van der Waals surface area contributed by atoms with Crippen LogP contribution >= 0.6 is 0 Å². The fraction of sp³-hybridized carbons (Fsp3) is 0.421. The maximum Gasteiger partial charge on any atom is 0.272 e. The Labute approximate surface area is 157 Å². The van der Waals surface area contributed by atoms with Gasteiger partial charge < -0.3 is 19.3 Å². The van der Waals surface area contributed by atoms with Crippen LogP contribution in [-0.2, 0) is 14.3 Å². The Balaban J connectivity index is 1.57. The molecule has 1 spiro atoms. The molecule has 2 aliphatic rings. The standard InChI is InChI=1S/C19H22N4O4/c1-14-2-4-15(5-3-14)23-12-19(27-10-17(23)24)11-22(8-9-26-13-19)18(25)16-6-7-20-21-16/h2-7H,8-13H2,1H3,(H,20,21)/t19-/m1/s1. The molecule has 0 bridgehead atoms. The molecule has 0 radical (unpaired) electrons. The number of aryl methyl sites for hydroxylation is 1. The van der Waals surface area contributed by atoms with Gasteiger partial charge in [-0.15, -0.1) is 0 Å². The van der Waals surface area contributed by atoms with Crippen LogP contribution in [0.5, 0.6) is 0 Å². The van der Waals surface area contributed by atoms with E-state index >= 15 is 0 Å². The fourth-order valence-electron chi connectivity index (χ4n) is 3.48. The molecule has 8 heteroatoms. The number of benzene rings is 1. The largest absolute Gasteiger partial charge is 0.376 e. The van der Waals surface area contributed by atoms with Gasteiger partial charge >= 0.3 is 0 Å². The molecule has 1 N–H and O–H groups in total. The van der Waals surface area contributed by atoms with Crippen molar-refractivity contribution in [3.8, 4) is 0 Å². The molecule has 2 aliphatic heterocycles. The van der Waals surface area contributed by atoms with Gasteiger partial charge in [-0.25, -0.2) is 0 Å². The summed E-state index contributed by atoms with van der Waals surface area (Å²) in [6.45, 7) is 3.86. The lowest BCUT2D eigenvalue weighted by atomic mass is 10.0. The third-order valence-corrected chi connectivity index (χ3v) is 4.96. The van der Waals surface area contributed by atoms with E-state index < -0.39 is 5.60 Å². The molecule has 0 aliphatic carbocycles. The van der Waals surface area contributed by atoms with E-state index in [1.807, 2.05) is 31.2 Å². The smallest absolute Gasteiger partial charge is 0.272 e. The SMILES string of the molecule is Cc1ccc(N2C[C@]3(COCCN(C(=O)c4ccn[nH]4)C3)OCC2=O)cc1. The zero-order valence-corrected chi connectivity index (χ0v) is 15.2. The maximum atomic E-state index is 12.8. The number of aromatic nitrogens is 2. The summed E-state index contributed by atoms with van der Waals surface area (Å²) in [5.74, 6) is -0.250. The summed E-state index contributed by atoms with van der Waals surface area (Å²) >= 11 is 0. The molecule has 27 heavy (non-hydrogen) atoms. The van der Waals surface area contributed by atoms with E-state index in [9.17, 15) is 9.59 Å². The highest BCUT2D eigenvalue weighted by molar-refractivity contribution is 5.95. The molecular weight excluding hydrogens is 348 g/mol. The second-order valence-corrected chi connectivity index (χ2v) is 7.04. The summed E-state index contributed by atoms with van der Waals surface area (Å²) < 4.78 is 11.7. The number of carbonyl (C=O) groups excluding carboxylic acids is 2. The second kappa shape index (κ2) is 7.13. The minimum absolute atomic E-state index is 0.0384. The molecule has 1 aromatic carbocycles. The normalized spacial score (nSPS) is 23.5. The Hall–Kier alpha value is -2.71. The first kappa shape index (κ1) is 17.7. The van der Waals surface area contributed by atoms with Gasteiger partial charge in [-0.3, -0.25) is 14.7 Å². The van der Waals surface area contributed by atoms with E-state index in [1.165, 1.54) is 0 Å². The van der Waals surface area contributed by atoms with E-state index in [2.05, 4.69) is 10.2 Å². The monoisotopic (exact) mass is 370 g/mol. The van der Waals surface area contributed by atoms with Gasteiger partial charge in [-0.2, -0.15) is 5.10 Å². The van der Waals surface area contributed by atoms with Crippen LogP contribution < -0.4 is 4.90 Å². The van der Waals surface area contributed by atoms with Crippen molar-refractivity contribution in [3.63, 3.8) is 0 Å². The summed E-state index contributed by atoms with van der Waals surface area (Å²) in [5, 5.41) is 6.55. The first-order valence-electron chi connectivity index (χ1n) is 8.94. The lowest BCUT2D eigenvalue weighted by molar-refractivity contribution is -0.145. The predicted molar refractivity (Wildman–Crippen MR) is 97.5 cm³/mol. The van der Waals surface area contributed by atoms with Crippen molar-refractivity contribution in [2.45, 2.75) is 12.5 Å². The topological polar surface area (TPSA) is 87.8 Å². The van der Waals surface area contributed by atoms with Crippen molar-refractivity contribution in [1.29, 1.82) is 0 Å². The molecule has 4 rings (SSSR count). The highest BCUT2D eigenvalue weighted by Crippen LogP contribution is 2.28. The van der Waals surface area contributed by atoms with Crippen molar-refractivity contribution in [3.05, 3.63) is 47.8 Å². The Morgan fingerprint density at radius 3 is 2.78 bits per heavy atom. The number of ether oxygens (including phenoxy) is 2. The lowest BCUT2D eigenvalue weighted by Crippen LogP contribution is -2.61. The van der Waals surface area contributed by atoms with Crippen molar-refractivity contribution in [1.82, 2.24) is 15.1 Å². The molecular formula is C19H22N4O4. The number of carbonyl (C=O) groups is 2. The summed E-state index contributed by atoms with van der Waals surface area (Å²) in [6, 6.07) is 9.45. The second-order valence-electron chi connectivity index (χ2n) is 7.04. The first-order chi connectivity index (χ1) is 13.1. The Morgan fingerprint density at radius 2 is 2.04 bits per heavy atom. The van der Waals surface area contributed by atoms with Crippen molar-refractivity contribution in [2.75, 3.05) is 44.4 Å². The average Bonchev–Trinajstić information content (AvgIpc) is 3.13. The molecule has 0 unspecified atom stereocenters. The zero-order chi connectivity index (χ0) is 18.9. The molecule has 8 nitrogen and oxygen atoms in total. The molecule has 1 atom stereocenters. The first-order valence-corrected chi connectivity index (χ1v) is 8.94. The zero-order valence-electron chi connectivity index (χ0n) is 15.2. The van der Waals surface area contributed by atoms with E-state index in [-0.39, 0.29) is 18.4 Å². The Kier molecular flexibility index (Phi) is 4.67. The molecule has 2 amide bonds. The molecule has 1 aromatic heterocycles. The number of hydrogen-bond donors (Lipinski definition) is 1. The number of aromatic amines is 1. The molecule has 142 valence electrons. The van der Waals surface area contributed by atoms with E-state index in [4.69, 9.17) is 9.47 Å². The Morgan fingerprint density at radius 1 is 1.22 bits per heavy atom. The van der Waals surface area contributed by atoms with E-state index in [0.717, 1.165) is 11.3 Å². The molecule has 2 saturated heterocycles. The molecule has 0 saturated carbocycles. The third kappa shape index (κ3) is 3.58. The van der Waals surface area contributed by atoms with Gasteiger partial charge in [-0.1, -0.05) is 17.7 Å². The number of nitrogens with zero attached hydrogens (tertiary/aromatic N) is 3. The number of rotatable bonds is 2. The molecule has 2 aromatic rings. The number of amides is 2. The third-order valence-electron chi connectivity index (χ3n) is 4.96. The highest BCUT2D eigenvalue weighted by atomic mass is 16.6. The number of H-pyrrole nitrogens is 1. The van der Waals surface area contributed by atoms with Crippen LogP contribution in [0.3, 0.4) is 0 Å².